The van der Waals surface area contributed by atoms with Crippen LogP contribution in [0.5, 0.6) is 0 Å². The van der Waals surface area contributed by atoms with Crippen LogP contribution in [0, 0.1) is 0 Å². The molecule has 1 aromatic rings. The molecule has 1 amide bonds. The summed E-state index contributed by atoms with van der Waals surface area (Å²) in [5, 5.41) is 20.9. The van der Waals surface area contributed by atoms with Crippen molar-refractivity contribution >= 4 is 17.7 Å². The third-order valence-electron chi connectivity index (χ3n) is 1.95. The number of carboxylic acid groups (broad SMARTS) is 2. The van der Waals surface area contributed by atoms with Crippen LogP contribution in [0.4, 0.5) is 10.5 Å². The topological polar surface area (TPSA) is 115 Å². The van der Waals surface area contributed by atoms with Crippen LogP contribution in [0.25, 0.3) is 0 Å². The first-order valence-corrected chi connectivity index (χ1v) is 4.54. The van der Waals surface area contributed by atoms with Crippen molar-refractivity contribution in [2.75, 3.05) is 5.32 Å². The molecule has 0 saturated carbocycles. The number of benzene rings is 1. The summed E-state index contributed by atoms with van der Waals surface area (Å²) in [7, 11) is 0. The van der Waals surface area contributed by atoms with E-state index in [0.29, 0.717) is 11.3 Å². The summed E-state index contributed by atoms with van der Waals surface area (Å²) in [6.45, 7) is 0. The summed E-state index contributed by atoms with van der Waals surface area (Å²) in [6.07, 6.45) is -1.28. The van der Waals surface area contributed by atoms with Crippen LogP contribution in [0.15, 0.2) is 24.3 Å². The van der Waals surface area contributed by atoms with Gasteiger partial charge >= 0.3 is 5.97 Å². The minimum absolute atomic E-state index is 0.137. The predicted molar refractivity (Wildman–Crippen MR) is 54.8 cm³/mol. The van der Waals surface area contributed by atoms with E-state index in [0.717, 1.165) is 0 Å². The molecule has 0 spiro atoms. The molecule has 16 heavy (non-hydrogen) atoms. The Balaban J connectivity index is 2.74. The number of anilines is 1. The molecule has 0 bridgehead atoms. The molecule has 0 saturated heterocycles. The van der Waals surface area contributed by atoms with Crippen molar-refractivity contribution in [3.8, 4) is 0 Å². The average molecular weight is 223 g/mol. The summed E-state index contributed by atoms with van der Waals surface area (Å²) in [6, 6.07) is 5.32. The third kappa shape index (κ3) is 3.58. The maximum absolute atomic E-state index is 10.5. The van der Waals surface area contributed by atoms with Gasteiger partial charge in [-0.25, -0.2) is 0 Å². The zero-order valence-corrected chi connectivity index (χ0v) is 8.34. The molecule has 0 unspecified atom stereocenters. The van der Waals surface area contributed by atoms with Gasteiger partial charge in [-0.15, -0.1) is 0 Å². The number of aliphatic carboxylic acids is 1. The standard InChI is InChI=1S/C10H12N2O4/c11-8(9(13)14)5-6-2-1-3-7(4-6)12-10(15)16/h1-4,8,12H,5,11H2,(H,13,14)(H,15,16)/p-1/t8-/m0/s1. The first-order valence-electron chi connectivity index (χ1n) is 4.54. The number of carbonyl (C=O) groups excluding carboxylic acids is 1. The molecule has 1 rings (SSSR count). The first kappa shape index (κ1) is 12.0. The van der Waals surface area contributed by atoms with E-state index in [9.17, 15) is 14.7 Å². The monoisotopic (exact) mass is 223 g/mol. The van der Waals surface area contributed by atoms with E-state index in [1.165, 1.54) is 12.1 Å². The van der Waals surface area contributed by atoms with Gasteiger partial charge in [-0.05, 0) is 24.1 Å². The van der Waals surface area contributed by atoms with Crippen molar-refractivity contribution in [2.45, 2.75) is 12.5 Å². The molecule has 1 atom stereocenters. The lowest BCUT2D eigenvalue weighted by molar-refractivity contribution is -0.242. The fourth-order valence-corrected chi connectivity index (χ4v) is 1.24. The van der Waals surface area contributed by atoms with Crippen molar-refractivity contribution in [3.63, 3.8) is 0 Å². The maximum Gasteiger partial charge on any atom is 0.320 e. The van der Waals surface area contributed by atoms with E-state index in [-0.39, 0.29) is 6.42 Å². The molecule has 6 heteroatoms. The number of amides is 1. The highest BCUT2D eigenvalue weighted by Crippen LogP contribution is 2.11. The predicted octanol–water partition coefficient (Wildman–Crippen LogP) is -0.604. The lowest BCUT2D eigenvalue weighted by atomic mass is 10.1. The highest BCUT2D eigenvalue weighted by Gasteiger charge is 2.11. The number of carbonyl (C=O) groups is 2. The fraction of sp³-hybridized carbons (Fsp3) is 0.200. The van der Waals surface area contributed by atoms with Crippen LogP contribution in [-0.2, 0) is 11.2 Å². The molecule has 0 heterocycles. The van der Waals surface area contributed by atoms with E-state index < -0.39 is 18.1 Å². The zero-order valence-electron chi connectivity index (χ0n) is 8.34. The van der Waals surface area contributed by atoms with Crippen molar-refractivity contribution in [1.82, 2.24) is 0 Å². The van der Waals surface area contributed by atoms with Gasteiger partial charge in [0.05, 0.1) is 0 Å². The molecule has 0 radical (unpaired) electrons. The van der Waals surface area contributed by atoms with Crippen molar-refractivity contribution in [2.24, 2.45) is 5.73 Å². The Bertz CT molecular complexity index is 406. The second kappa shape index (κ2) is 5.13. The van der Waals surface area contributed by atoms with Gasteiger partial charge in [-0.2, -0.15) is 0 Å². The number of rotatable bonds is 4. The number of nitrogens with two attached hydrogens (primary N) is 1. The van der Waals surface area contributed by atoms with E-state index in [2.05, 4.69) is 5.32 Å². The second-order valence-electron chi connectivity index (χ2n) is 3.26. The van der Waals surface area contributed by atoms with E-state index in [1.54, 1.807) is 12.1 Å². The van der Waals surface area contributed by atoms with Crippen LogP contribution < -0.4 is 16.2 Å². The molecule has 0 aliphatic rings. The first-order chi connectivity index (χ1) is 7.49. The van der Waals surface area contributed by atoms with Crippen molar-refractivity contribution in [1.29, 1.82) is 0 Å². The molecule has 6 nitrogen and oxygen atoms in total. The number of carboxylic acids is 1. The van der Waals surface area contributed by atoms with Crippen LogP contribution >= 0.6 is 0 Å². The Morgan fingerprint density at radius 2 is 2.19 bits per heavy atom. The molecular weight excluding hydrogens is 212 g/mol. The molecule has 0 aromatic heterocycles. The second-order valence-corrected chi connectivity index (χ2v) is 3.26. The minimum Gasteiger partial charge on any atom is -0.530 e. The van der Waals surface area contributed by atoms with Crippen LogP contribution in [0.2, 0.25) is 0 Å². The Morgan fingerprint density at radius 3 is 2.75 bits per heavy atom. The molecular formula is C10H11N2O4-. The van der Waals surface area contributed by atoms with E-state index in [4.69, 9.17) is 10.8 Å². The highest BCUT2D eigenvalue weighted by molar-refractivity contribution is 5.81. The fourth-order valence-electron chi connectivity index (χ4n) is 1.24. The lowest BCUT2D eigenvalue weighted by Gasteiger charge is -2.10. The van der Waals surface area contributed by atoms with Crippen LogP contribution in [0.3, 0.4) is 0 Å². The van der Waals surface area contributed by atoms with Gasteiger partial charge in [0.25, 0.3) is 0 Å². The molecule has 4 N–H and O–H groups in total. The van der Waals surface area contributed by atoms with Crippen molar-refractivity contribution in [3.05, 3.63) is 29.8 Å². The van der Waals surface area contributed by atoms with Crippen molar-refractivity contribution < 1.29 is 19.8 Å². The molecule has 86 valence electrons. The van der Waals surface area contributed by atoms with Crippen LogP contribution in [0.1, 0.15) is 5.56 Å². The largest absolute Gasteiger partial charge is 0.530 e. The quantitative estimate of drug-likeness (QED) is 0.630. The minimum atomic E-state index is -1.42. The smallest absolute Gasteiger partial charge is 0.320 e. The molecule has 0 aliphatic carbocycles. The number of nitrogens with one attached hydrogen (secondary N) is 1. The highest BCUT2D eigenvalue weighted by atomic mass is 16.4. The van der Waals surface area contributed by atoms with Gasteiger partial charge in [0.15, 0.2) is 0 Å². The Morgan fingerprint density at radius 1 is 1.50 bits per heavy atom. The van der Waals surface area contributed by atoms with E-state index >= 15 is 0 Å². The summed E-state index contributed by atoms with van der Waals surface area (Å²) in [5.74, 6) is -1.10. The summed E-state index contributed by atoms with van der Waals surface area (Å²) in [4.78, 5) is 20.8. The molecule has 0 fully saturated rings. The van der Waals surface area contributed by atoms with Gasteiger partial charge in [0, 0.05) is 5.69 Å². The average Bonchev–Trinajstić information content (AvgIpc) is 2.16. The van der Waals surface area contributed by atoms with Gasteiger partial charge in [-0.1, -0.05) is 12.1 Å². The maximum atomic E-state index is 10.5. The molecule has 1 aromatic carbocycles. The SMILES string of the molecule is N[C@@H](Cc1cccc(NC(=O)[O-])c1)C(=O)O. The summed E-state index contributed by atoms with van der Waals surface area (Å²) in [5.41, 5.74) is 6.32. The Kier molecular flexibility index (Phi) is 3.84. The Labute approximate surface area is 91.7 Å². The van der Waals surface area contributed by atoms with E-state index in [1.807, 2.05) is 0 Å². The zero-order chi connectivity index (χ0) is 12.1. The lowest BCUT2D eigenvalue weighted by Crippen LogP contribution is -2.32. The van der Waals surface area contributed by atoms with Gasteiger partial charge in [0.2, 0.25) is 0 Å². The molecule has 0 aliphatic heterocycles. The third-order valence-corrected chi connectivity index (χ3v) is 1.95. The van der Waals surface area contributed by atoms with Gasteiger partial charge in [0.1, 0.15) is 12.1 Å². The Hall–Kier alpha value is -2.08. The number of hydrogen-bond acceptors (Lipinski definition) is 4. The van der Waals surface area contributed by atoms with Gasteiger partial charge in [-0.3, -0.25) is 4.79 Å². The number of hydrogen-bond donors (Lipinski definition) is 3. The van der Waals surface area contributed by atoms with Crippen LogP contribution in [-0.4, -0.2) is 23.2 Å². The summed E-state index contributed by atoms with van der Waals surface area (Å²) < 4.78 is 0. The summed E-state index contributed by atoms with van der Waals surface area (Å²) >= 11 is 0. The van der Waals surface area contributed by atoms with Gasteiger partial charge < -0.3 is 26.1 Å². The normalized spacial score (nSPS) is 11.8.